The maximum atomic E-state index is 2.59. The van der Waals surface area contributed by atoms with E-state index in [2.05, 4.69) is 139 Å². The zero-order valence-electron chi connectivity index (χ0n) is 25.1. The summed E-state index contributed by atoms with van der Waals surface area (Å²) in [5.74, 6) is 1.57. The predicted octanol–water partition coefficient (Wildman–Crippen LogP) is 9.46. The molecule has 0 saturated heterocycles. The third kappa shape index (κ3) is 7.86. The van der Waals surface area contributed by atoms with E-state index in [1.165, 1.54) is 23.1 Å². The molecule has 0 radical (unpaired) electrons. The van der Waals surface area contributed by atoms with Crippen molar-refractivity contribution in [2.24, 2.45) is 0 Å². The van der Waals surface area contributed by atoms with Gasteiger partial charge in [-0.3, -0.25) is 0 Å². The summed E-state index contributed by atoms with van der Waals surface area (Å²) in [5, 5.41) is 4.80. The van der Waals surface area contributed by atoms with Gasteiger partial charge in [-0.25, -0.2) is 0 Å². The molecule has 1 unspecified atom stereocenters. The molecule has 0 fully saturated rings. The van der Waals surface area contributed by atoms with E-state index in [0.29, 0.717) is 21.6 Å². The third-order valence-corrected chi connectivity index (χ3v) is 18.2. The second-order valence-corrected chi connectivity index (χ2v) is 19.1. The van der Waals surface area contributed by atoms with Crippen molar-refractivity contribution in [3.05, 3.63) is 112 Å². The molecule has 0 spiro atoms. The van der Waals surface area contributed by atoms with Gasteiger partial charge in [-0.05, 0) is 0 Å². The van der Waals surface area contributed by atoms with E-state index in [1.54, 1.807) is 19.4 Å². The molecule has 0 nitrogen and oxygen atoms in total. The van der Waals surface area contributed by atoms with E-state index in [0.717, 1.165) is 6.42 Å². The zero-order chi connectivity index (χ0) is 26.6. The number of benzene rings is 3. The summed E-state index contributed by atoms with van der Waals surface area (Å²) in [6.45, 7) is 16.5. The van der Waals surface area contributed by atoms with Crippen LogP contribution >= 0.6 is 37.2 Å². The number of allylic oxidation sites excluding steroid dienone is 4. The van der Waals surface area contributed by atoms with Crippen LogP contribution in [0.25, 0.3) is 0 Å². The summed E-state index contributed by atoms with van der Waals surface area (Å²) in [6.07, 6.45) is 9.46. The standard InChI is InChI=1S/C30H39Si.C5H5.3ClH.Ti/c1-8-18-31(28-15-9-12-25(19-28)22(2)3,29-16-10-13-26(20-29)23(4)5)30-17-11-14-27(21-30)24(6)7;1-2-4-5-3-1;;;;/h9-24H,8H2,1-7H3;1-3H,4H2;3*1H;. The van der Waals surface area contributed by atoms with Crippen LogP contribution in [0.2, 0.25) is 3.85 Å². The summed E-state index contributed by atoms with van der Waals surface area (Å²) in [5.41, 5.74) is 4.39. The molecule has 0 amide bonds. The fourth-order valence-corrected chi connectivity index (χ4v) is 16.9. The number of rotatable bonds is 10. The average Bonchev–Trinajstić information content (AvgIpc) is 3.42. The van der Waals surface area contributed by atoms with Gasteiger partial charge in [-0.1, -0.05) is 0 Å². The largest absolute Gasteiger partial charge is 0.147 e. The summed E-state index contributed by atoms with van der Waals surface area (Å²) < 4.78 is 2.41. The summed E-state index contributed by atoms with van der Waals surface area (Å²) in [7, 11) is -2.37. The van der Waals surface area contributed by atoms with Gasteiger partial charge < -0.3 is 0 Å². The van der Waals surface area contributed by atoms with E-state index in [9.17, 15) is 0 Å². The quantitative estimate of drug-likeness (QED) is 0.152. The first kappa shape index (κ1) is 37.0. The first-order valence-electron chi connectivity index (χ1n) is 14.2. The van der Waals surface area contributed by atoms with E-state index in [1.807, 2.05) is 0 Å². The average molecular weight is 650 g/mol. The van der Waals surface area contributed by atoms with Gasteiger partial charge in [0.1, 0.15) is 0 Å². The van der Waals surface area contributed by atoms with Crippen molar-refractivity contribution in [1.29, 1.82) is 0 Å². The molecule has 3 aromatic carbocycles. The van der Waals surface area contributed by atoms with E-state index < -0.39 is 8.07 Å². The maximum Gasteiger partial charge on any atom is -0.147 e. The molecule has 0 bridgehead atoms. The van der Waals surface area contributed by atoms with Crippen LogP contribution in [-0.2, 0) is 19.2 Å². The van der Waals surface area contributed by atoms with Crippen molar-refractivity contribution in [2.45, 2.75) is 82.9 Å². The second-order valence-electron chi connectivity index (χ2n) is 11.6. The molecule has 0 aliphatic heterocycles. The van der Waals surface area contributed by atoms with Crippen LogP contribution in [0.5, 0.6) is 0 Å². The van der Waals surface area contributed by atoms with Crippen LogP contribution in [0.15, 0.2) is 94.9 Å². The first-order chi connectivity index (χ1) is 17.8. The Bertz CT molecular complexity index is 1150. The molecule has 4 rings (SSSR count). The number of halogens is 3. The smallest absolute Gasteiger partial charge is 0.147 e. The molecule has 1 aliphatic rings. The number of hydrogen-bond donors (Lipinski definition) is 0. The van der Waals surface area contributed by atoms with Crippen molar-refractivity contribution in [2.75, 3.05) is 0 Å². The molecule has 216 valence electrons. The van der Waals surface area contributed by atoms with Gasteiger partial charge in [0.05, 0.1) is 0 Å². The Balaban J connectivity index is 0.00000267. The van der Waals surface area contributed by atoms with Gasteiger partial charge in [0.2, 0.25) is 0 Å². The molecule has 1 aliphatic carbocycles. The van der Waals surface area contributed by atoms with Crippen molar-refractivity contribution >= 4 is 60.9 Å². The topological polar surface area (TPSA) is 0 Å². The van der Waals surface area contributed by atoms with Gasteiger partial charge in [0.25, 0.3) is 0 Å². The number of hydrogen-bond acceptors (Lipinski definition) is 0. The minimum atomic E-state index is -2.37. The third-order valence-electron chi connectivity index (χ3n) is 8.09. The second kappa shape index (κ2) is 16.5. The van der Waals surface area contributed by atoms with Crippen LogP contribution in [0.3, 0.4) is 0 Å². The van der Waals surface area contributed by atoms with Gasteiger partial charge in [-0.15, -0.1) is 37.2 Å². The van der Waals surface area contributed by atoms with Gasteiger partial charge in [0.15, 0.2) is 0 Å². The Labute approximate surface area is 272 Å². The monoisotopic (exact) mass is 648 g/mol. The van der Waals surface area contributed by atoms with Crippen LogP contribution in [-0.4, -0.2) is 8.07 Å². The Kier molecular flexibility index (Phi) is 15.3. The molecule has 1 atom stereocenters. The van der Waals surface area contributed by atoms with Crippen molar-refractivity contribution in [1.82, 2.24) is 0 Å². The fraction of sp³-hybridized carbons (Fsp3) is 0.371. The van der Waals surface area contributed by atoms with E-state index >= 15 is 0 Å². The van der Waals surface area contributed by atoms with Crippen LogP contribution in [0, 0.1) is 0 Å². The minimum absolute atomic E-state index is 0. The van der Waals surface area contributed by atoms with E-state index in [4.69, 9.17) is 0 Å². The summed E-state index contributed by atoms with van der Waals surface area (Å²) in [4.78, 5) is 0. The fourth-order valence-electron chi connectivity index (χ4n) is 5.83. The molecule has 5 heteroatoms. The molecular weight excluding hydrogens is 603 g/mol. The van der Waals surface area contributed by atoms with Crippen molar-refractivity contribution < 1.29 is 19.2 Å². The molecule has 0 heterocycles. The Morgan fingerprint density at radius 3 is 1.35 bits per heavy atom. The summed E-state index contributed by atoms with van der Waals surface area (Å²) >= 11 is -0.305. The molecule has 3 aromatic rings. The Hall–Kier alpha value is -1.06. The van der Waals surface area contributed by atoms with Gasteiger partial charge >= 0.3 is 237 Å². The van der Waals surface area contributed by atoms with Crippen LogP contribution in [0.1, 0.15) is 95.8 Å². The Morgan fingerprint density at radius 1 is 0.650 bits per heavy atom. The first-order valence-corrected chi connectivity index (χ1v) is 18.0. The Morgan fingerprint density at radius 2 is 1.05 bits per heavy atom. The predicted molar refractivity (Wildman–Crippen MR) is 184 cm³/mol. The zero-order valence-corrected chi connectivity index (χ0v) is 30.1. The minimum Gasteiger partial charge on any atom is -0.147 e. The van der Waals surface area contributed by atoms with Crippen LogP contribution in [0.4, 0.5) is 0 Å². The molecule has 0 saturated carbocycles. The molecular formula is C35H47Cl3SiTi. The SMILES string of the molecule is CC[CH]([Ti][C]1=CC=CC1)[Si](c1cccc(C(C)C)c1)(c1cccc(C(C)C)c1)c1cccc(C(C)C)c1.Cl.Cl.Cl. The van der Waals surface area contributed by atoms with Crippen molar-refractivity contribution in [3.8, 4) is 0 Å². The maximum absolute atomic E-state index is 2.59. The van der Waals surface area contributed by atoms with Crippen LogP contribution < -0.4 is 15.6 Å². The van der Waals surface area contributed by atoms with Crippen molar-refractivity contribution in [3.63, 3.8) is 0 Å². The van der Waals surface area contributed by atoms with Gasteiger partial charge in [0, 0.05) is 0 Å². The molecule has 0 N–H and O–H groups in total. The van der Waals surface area contributed by atoms with Gasteiger partial charge in [-0.2, -0.15) is 0 Å². The molecule has 0 aromatic heterocycles. The molecule has 40 heavy (non-hydrogen) atoms. The van der Waals surface area contributed by atoms with E-state index in [-0.39, 0.29) is 56.4 Å². The summed E-state index contributed by atoms with van der Waals surface area (Å²) in [6, 6.07) is 29.3. The normalized spacial score (nSPS) is 13.4.